The van der Waals surface area contributed by atoms with Crippen LogP contribution in [0.4, 0.5) is 5.00 Å². The molecule has 2 N–H and O–H groups in total. The van der Waals surface area contributed by atoms with Crippen LogP contribution in [0, 0.1) is 18.3 Å². The fourth-order valence-corrected chi connectivity index (χ4v) is 3.60. The van der Waals surface area contributed by atoms with Crippen LogP contribution in [0.3, 0.4) is 0 Å². The number of ether oxygens (including phenoxy) is 2. The second-order valence-electron chi connectivity index (χ2n) is 5.87. The van der Waals surface area contributed by atoms with Crippen LogP contribution < -0.4 is 10.6 Å². The number of esters is 2. The van der Waals surface area contributed by atoms with Gasteiger partial charge < -0.3 is 20.1 Å². The standard InChI is InChI=1S/C20H19N3O6S/c1-4-28-20(27)15-11(2)16(17(25)22-3)30-18(15)23-14(24)10-29-19(26)13-7-5-12(9-21)6-8-13/h5-8H,4,10H2,1-3H3,(H,22,25)(H,23,24). The molecular formula is C20H19N3O6S. The quantitative estimate of drug-likeness (QED) is 0.645. The van der Waals surface area contributed by atoms with Crippen LogP contribution in [-0.2, 0) is 14.3 Å². The summed E-state index contributed by atoms with van der Waals surface area (Å²) in [5, 5.41) is 13.9. The zero-order chi connectivity index (χ0) is 22.3. The highest BCUT2D eigenvalue weighted by Gasteiger charge is 2.26. The van der Waals surface area contributed by atoms with E-state index in [1.165, 1.54) is 31.3 Å². The zero-order valence-corrected chi connectivity index (χ0v) is 17.3. The van der Waals surface area contributed by atoms with E-state index in [9.17, 15) is 19.2 Å². The number of thiophene rings is 1. The molecule has 9 nitrogen and oxygen atoms in total. The van der Waals surface area contributed by atoms with E-state index in [4.69, 9.17) is 14.7 Å². The Bertz CT molecular complexity index is 1020. The van der Waals surface area contributed by atoms with Crippen LogP contribution in [0.15, 0.2) is 24.3 Å². The molecule has 1 heterocycles. The monoisotopic (exact) mass is 429 g/mol. The average Bonchev–Trinajstić information content (AvgIpc) is 3.07. The molecule has 2 amide bonds. The molecule has 1 aromatic carbocycles. The average molecular weight is 429 g/mol. The lowest BCUT2D eigenvalue weighted by Crippen LogP contribution is -2.21. The number of nitrogens with zero attached hydrogens (tertiary/aromatic N) is 1. The molecule has 2 rings (SSSR count). The first kappa shape index (κ1) is 22.6. The summed E-state index contributed by atoms with van der Waals surface area (Å²) in [5.41, 5.74) is 1.02. The largest absolute Gasteiger partial charge is 0.462 e. The molecule has 0 saturated carbocycles. The number of carbonyl (C=O) groups is 4. The zero-order valence-electron chi connectivity index (χ0n) is 16.5. The number of nitriles is 1. The highest BCUT2D eigenvalue weighted by atomic mass is 32.1. The molecule has 0 fully saturated rings. The van der Waals surface area contributed by atoms with Crippen LogP contribution in [0.2, 0.25) is 0 Å². The van der Waals surface area contributed by atoms with Gasteiger partial charge in [-0.3, -0.25) is 9.59 Å². The minimum Gasteiger partial charge on any atom is -0.462 e. The Balaban J connectivity index is 2.13. The van der Waals surface area contributed by atoms with Gasteiger partial charge in [-0.25, -0.2) is 9.59 Å². The van der Waals surface area contributed by atoms with Gasteiger partial charge in [-0.05, 0) is 43.7 Å². The first-order valence-corrected chi connectivity index (χ1v) is 9.63. The third-order valence-electron chi connectivity index (χ3n) is 3.90. The molecule has 0 aliphatic carbocycles. The number of benzene rings is 1. The maximum absolute atomic E-state index is 12.3. The first-order valence-electron chi connectivity index (χ1n) is 8.82. The minimum atomic E-state index is -0.742. The van der Waals surface area contributed by atoms with Crippen molar-refractivity contribution in [3.63, 3.8) is 0 Å². The van der Waals surface area contributed by atoms with E-state index in [0.717, 1.165) is 11.3 Å². The number of nitrogens with one attached hydrogen (secondary N) is 2. The van der Waals surface area contributed by atoms with Crippen molar-refractivity contribution in [2.75, 3.05) is 25.6 Å². The lowest BCUT2D eigenvalue weighted by atomic mass is 10.1. The smallest absolute Gasteiger partial charge is 0.341 e. The van der Waals surface area contributed by atoms with Crippen LogP contribution in [0.5, 0.6) is 0 Å². The number of anilines is 1. The molecule has 0 atom stereocenters. The highest BCUT2D eigenvalue weighted by Crippen LogP contribution is 2.33. The molecular weight excluding hydrogens is 410 g/mol. The van der Waals surface area contributed by atoms with Gasteiger partial charge in [0.25, 0.3) is 11.8 Å². The fourth-order valence-electron chi connectivity index (χ4n) is 2.44. The van der Waals surface area contributed by atoms with Gasteiger partial charge in [0.2, 0.25) is 0 Å². The van der Waals surface area contributed by atoms with E-state index >= 15 is 0 Å². The van der Waals surface area contributed by atoms with Gasteiger partial charge in [-0.2, -0.15) is 5.26 Å². The molecule has 0 aliphatic heterocycles. The molecule has 2 aromatic rings. The Hall–Kier alpha value is -3.71. The molecule has 10 heteroatoms. The second kappa shape index (κ2) is 10.2. The van der Waals surface area contributed by atoms with Gasteiger partial charge in [-0.1, -0.05) is 0 Å². The van der Waals surface area contributed by atoms with Gasteiger partial charge in [-0.15, -0.1) is 11.3 Å². The molecule has 0 bridgehead atoms. The summed E-state index contributed by atoms with van der Waals surface area (Å²) in [6.45, 7) is 2.74. The van der Waals surface area contributed by atoms with Crippen molar-refractivity contribution in [1.29, 1.82) is 5.26 Å². The van der Waals surface area contributed by atoms with Gasteiger partial charge >= 0.3 is 11.9 Å². The second-order valence-corrected chi connectivity index (χ2v) is 6.89. The summed E-state index contributed by atoms with van der Waals surface area (Å²) in [7, 11) is 1.45. The van der Waals surface area contributed by atoms with E-state index in [1.54, 1.807) is 13.8 Å². The Morgan fingerprint density at radius 1 is 1.10 bits per heavy atom. The number of amides is 2. The SMILES string of the molecule is CCOC(=O)c1c(NC(=O)COC(=O)c2ccc(C#N)cc2)sc(C(=O)NC)c1C. The Kier molecular flexibility index (Phi) is 7.66. The number of rotatable bonds is 7. The maximum atomic E-state index is 12.3. The van der Waals surface area contributed by atoms with Crippen LogP contribution in [0.25, 0.3) is 0 Å². The third-order valence-corrected chi connectivity index (χ3v) is 5.10. The topological polar surface area (TPSA) is 135 Å². The van der Waals surface area contributed by atoms with E-state index in [1.807, 2.05) is 6.07 Å². The van der Waals surface area contributed by atoms with Gasteiger partial charge in [0.1, 0.15) is 5.00 Å². The van der Waals surface area contributed by atoms with Crippen molar-refractivity contribution < 1.29 is 28.7 Å². The molecule has 0 saturated heterocycles. The molecule has 0 spiro atoms. The molecule has 0 aliphatic rings. The first-order chi connectivity index (χ1) is 14.3. The maximum Gasteiger partial charge on any atom is 0.341 e. The predicted molar refractivity (Wildman–Crippen MR) is 108 cm³/mol. The lowest BCUT2D eigenvalue weighted by molar-refractivity contribution is -0.119. The van der Waals surface area contributed by atoms with Crippen LogP contribution in [0.1, 0.15) is 48.4 Å². The van der Waals surface area contributed by atoms with Crippen molar-refractivity contribution in [3.05, 3.63) is 51.4 Å². The lowest BCUT2D eigenvalue weighted by Gasteiger charge is -2.08. The summed E-state index contributed by atoms with van der Waals surface area (Å²) < 4.78 is 9.97. The summed E-state index contributed by atoms with van der Waals surface area (Å²) in [6.07, 6.45) is 0. The predicted octanol–water partition coefficient (Wildman–Crippen LogP) is 2.26. The van der Waals surface area contributed by atoms with Gasteiger partial charge in [0.05, 0.1) is 34.2 Å². The minimum absolute atomic E-state index is 0.0761. The van der Waals surface area contributed by atoms with E-state index in [-0.39, 0.29) is 27.6 Å². The van der Waals surface area contributed by atoms with Crippen molar-refractivity contribution in [2.24, 2.45) is 0 Å². The van der Waals surface area contributed by atoms with E-state index < -0.39 is 30.4 Å². The molecule has 0 radical (unpaired) electrons. The molecule has 1 aromatic heterocycles. The van der Waals surface area contributed by atoms with Crippen molar-refractivity contribution in [3.8, 4) is 6.07 Å². The van der Waals surface area contributed by atoms with Gasteiger partial charge in [0.15, 0.2) is 6.61 Å². The number of hydrogen-bond donors (Lipinski definition) is 2. The summed E-state index contributed by atoms with van der Waals surface area (Å²) in [5.74, 6) is -2.51. The van der Waals surface area contributed by atoms with Crippen molar-refractivity contribution >= 4 is 40.1 Å². The highest BCUT2D eigenvalue weighted by molar-refractivity contribution is 7.18. The van der Waals surface area contributed by atoms with E-state index in [2.05, 4.69) is 10.6 Å². The Morgan fingerprint density at radius 2 is 1.77 bits per heavy atom. The van der Waals surface area contributed by atoms with Gasteiger partial charge in [0, 0.05) is 7.05 Å². The number of hydrogen-bond acceptors (Lipinski definition) is 8. The van der Waals surface area contributed by atoms with Crippen LogP contribution >= 0.6 is 11.3 Å². The third kappa shape index (κ3) is 5.21. The Labute approximate surface area is 176 Å². The Morgan fingerprint density at radius 3 is 2.33 bits per heavy atom. The molecule has 30 heavy (non-hydrogen) atoms. The van der Waals surface area contributed by atoms with Crippen molar-refractivity contribution in [2.45, 2.75) is 13.8 Å². The summed E-state index contributed by atoms with van der Waals surface area (Å²) >= 11 is 0.920. The van der Waals surface area contributed by atoms with Crippen LogP contribution in [-0.4, -0.2) is 44.0 Å². The summed E-state index contributed by atoms with van der Waals surface area (Å²) in [6, 6.07) is 7.67. The normalized spacial score (nSPS) is 9.93. The van der Waals surface area contributed by atoms with E-state index in [0.29, 0.717) is 11.1 Å². The molecule has 0 unspecified atom stereocenters. The van der Waals surface area contributed by atoms with Crippen molar-refractivity contribution in [1.82, 2.24) is 5.32 Å². The summed E-state index contributed by atoms with van der Waals surface area (Å²) in [4.78, 5) is 48.9. The molecule has 156 valence electrons. The number of carbonyl (C=O) groups excluding carboxylic acids is 4. The fraction of sp³-hybridized carbons (Fsp3) is 0.250.